The van der Waals surface area contributed by atoms with E-state index in [-0.39, 0.29) is 0 Å². The molecule has 0 saturated heterocycles. The minimum Gasteiger partial charge on any atom is -0.354 e. The molecule has 0 aliphatic rings. The van der Waals surface area contributed by atoms with Crippen LogP contribution >= 0.6 is 0 Å². The molecular formula is C17H24N2O. The monoisotopic (exact) mass is 272 g/mol. The molecule has 20 heavy (non-hydrogen) atoms. The topological polar surface area (TPSA) is 38.1 Å². The van der Waals surface area contributed by atoms with Crippen LogP contribution in [0.4, 0.5) is 5.88 Å². The van der Waals surface area contributed by atoms with Crippen molar-refractivity contribution in [1.82, 2.24) is 5.16 Å². The Morgan fingerprint density at radius 1 is 1.00 bits per heavy atom. The maximum Gasteiger partial charge on any atom is 0.225 e. The Bertz CT molecular complexity index is 479. The van der Waals surface area contributed by atoms with Crippen LogP contribution in [0.1, 0.15) is 45.4 Å². The molecule has 108 valence electrons. The lowest BCUT2D eigenvalue weighted by Crippen LogP contribution is -1.99. The summed E-state index contributed by atoms with van der Waals surface area (Å²) in [5.74, 6) is 0.761. The molecule has 0 unspecified atom stereocenters. The first-order chi connectivity index (χ1) is 9.90. The van der Waals surface area contributed by atoms with Crippen LogP contribution < -0.4 is 5.32 Å². The molecule has 0 saturated carbocycles. The number of hydrogen-bond acceptors (Lipinski definition) is 3. The Morgan fingerprint density at radius 2 is 1.75 bits per heavy atom. The Balaban J connectivity index is 1.69. The average molecular weight is 272 g/mol. The van der Waals surface area contributed by atoms with Gasteiger partial charge in [0, 0.05) is 18.2 Å². The van der Waals surface area contributed by atoms with Crippen LogP contribution in [0.3, 0.4) is 0 Å². The number of hydrogen-bond donors (Lipinski definition) is 1. The number of aromatic nitrogens is 1. The number of rotatable bonds is 9. The number of nitrogens with one attached hydrogen (secondary N) is 1. The summed E-state index contributed by atoms with van der Waals surface area (Å²) in [5, 5.41) is 7.38. The lowest BCUT2D eigenvalue weighted by atomic mass is 10.1. The van der Waals surface area contributed by atoms with E-state index in [1.165, 1.54) is 38.5 Å². The summed E-state index contributed by atoms with van der Waals surface area (Å²) in [4.78, 5) is 0. The first-order valence-corrected chi connectivity index (χ1v) is 7.66. The van der Waals surface area contributed by atoms with Gasteiger partial charge in [-0.25, -0.2) is 0 Å². The van der Waals surface area contributed by atoms with Crippen LogP contribution in [-0.2, 0) is 0 Å². The Hall–Kier alpha value is -1.77. The molecule has 0 spiro atoms. The maximum absolute atomic E-state index is 5.30. The summed E-state index contributed by atoms with van der Waals surface area (Å²) in [7, 11) is 0. The number of nitrogens with zero attached hydrogens (tertiary/aromatic N) is 1. The fraction of sp³-hybridized carbons (Fsp3) is 0.471. The van der Waals surface area contributed by atoms with E-state index in [0.717, 1.165) is 23.7 Å². The highest BCUT2D eigenvalue weighted by Crippen LogP contribution is 2.21. The zero-order chi connectivity index (χ0) is 14.0. The van der Waals surface area contributed by atoms with Gasteiger partial charge >= 0.3 is 0 Å². The molecule has 0 radical (unpaired) electrons. The molecule has 1 aromatic heterocycles. The average Bonchev–Trinajstić information content (AvgIpc) is 2.96. The fourth-order valence-electron chi connectivity index (χ4n) is 2.22. The van der Waals surface area contributed by atoms with Crippen molar-refractivity contribution in [2.24, 2.45) is 0 Å². The van der Waals surface area contributed by atoms with Gasteiger partial charge in [0.1, 0.15) is 5.69 Å². The highest BCUT2D eigenvalue weighted by Gasteiger charge is 2.04. The van der Waals surface area contributed by atoms with Crippen molar-refractivity contribution in [3.05, 3.63) is 36.4 Å². The third kappa shape index (κ3) is 4.72. The minimum atomic E-state index is 0.761. The number of benzene rings is 1. The van der Waals surface area contributed by atoms with Crippen LogP contribution in [0.15, 0.2) is 40.9 Å². The minimum absolute atomic E-state index is 0.761. The summed E-state index contributed by atoms with van der Waals surface area (Å²) < 4.78 is 5.30. The predicted octanol–water partition coefficient (Wildman–Crippen LogP) is 5.11. The molecule has 0 aliphatic heterocycles. The molecule has 0 aliphatic carbocycles. The van der Waals surface area contributed by atoms with Crippen molar-refractivity contribution in [3.63, 3.8) is 0 Å². The quantitative estimate of drug-likeness (QED) is 0.644. The largest absolute Gasteiger partial charge is 0.354 e. The zero-order valence-electron chi connectivity index (χ0n) is 12.3. The summed E-state index contributed by atoms with van der Waals surface area (Å²) in [6.45, 7) is 3.20. The molecule has 0 bridgehead atoms. The summed E-state index contributed by atoms with van der Waals surface area (Å²) in [6, 6.07) is 12.1. The summed E-state index contributed by atoms with van der Waals surface area (Å²) in [5.41, 5.74) is 1.97. The highest BCUT2D eigenvalue weighted by molar-refractivity contribution is 5.61. The molecular weight excluding hydrogens is 248 g/mol. The molecule has 0 atom stereocenters. The van der Waals surface area contributed by atoms with Gasteiger partial charge in [0.2, 0.25) is 5.88 Å². The van der Waals surface area contributed by atoms with Gasteiger partial charge in [0.25, 0.3) is 0 Å². The smallest absolute Gasteiger partial charge is 0.225 e. The molecule has 3 nitrogen and oxygen atoms in total. The Morgan fingerprint density at radius 3 is 2.55 bits per heavy atom. The van der Waals surface area contributed by atoms with Crippen LogP contribution in [-0.4, -0.2) is 11.7 Å². The normalized spacial score (nSPS) is 10.7. The van der Waals surface area contributed by atoms with Crippen molar-refractivity contribution < 1.29 is 4.52 Å². The van der Waals surface area contributed by atoms with E-state index in [1.54, 1.807) is 0 Å². The van der Waals surface area contributed by atoms with Crippen molar-refractivity contribution in [3.8, 4) is 11.3 Å². The molecule has 2 aromatic rings. The van der Waals surface area contributed by atoms with Gasteiger partial charge in [-0.2, -0.15) is 0 Å². The van der Waals surface area contributed by atoms with Gasteiger partial charge in [-0.1, -0.05) is 74.5 Å². The second kappa shape index (κ2) is 8.41. The lowest BCUT2D eigenvalue weighted by molar-refractivity contribution is 0.434. The van der Waals surface area contributed by atoms with Crippen molar-refractivity contribution in [1.29, 1.82) is 0 Å². The van der Waals surface area contributed by atoms with E-state index in [0.29, 0.717) is 0 Å². The molecule has 1 heterocycles. The van der Waals surface area contributed by atoms with E-state index in [1.807, 2.05) is 36.4 Å². The van der Waals surface area contributed by atoms with Gasteiger partial charge in [0.05, 0.1) is 0 Å². The van der Waals surface area contributed by atoms with Crippen LogP contribution in [0.2, 0.25) is 0 Å². The highest BCUT2D eigenvalue weighted by atomic mass is 16.5. The molecule has 1 aromatic carbocycles. The van der Waals surface area contributed by atoms with E-state index in [4.69, 9.17) is 4.52 Å². The van der Waals surface area contributed by atoms with Gasteiger partial charge in [-0.3, -0.25) is 0 Å². The SMILES string of the molecule is CCCCCCCCNc1cc(-c2ccccc2)no1. The summed E-state index contributed by atoms with van der Waals surface area (Å²) >= 11 is 0. The van der Waals surface area contributed by atoms with Gasteiger partial charge in [0.15, 0.2) is 0 Å². The maximum atomic E-state index is 5.30. The lowest BCUT2D eigenvalue weighted by Gasteiger charge is -2.01. The Kier molecular flexibility index (Phi) is 6.15. The predicted molar refractivity (Wildman–Crippen MR) is 83.8 cm³/mol. The molecule has 1 N–H and O–H groups in total. The second-order valence-corrected chi connectivity index (χ2v) is 5.14. The number of unbranched alkanes of at least 4 members (excludes halogenated alkanes) is 5. The third-order valence-electron chi connectivity index (χ3n) is 3.41. The van der Waals surface area contributed by atoms with Crippen LogP contribution in [0, 0.1) is 0 Å². The standard InChI is InChI=1S/C17H24N2O/c1-2-3-4-5-6-10-13-18-17-14-16(19-20-17)15-11-8-7-9-12-15/h7-9,11-12,14,18H,2-6,10,13H2,1H3. The first kappa shape index (κ1) is 14.6. The molecule has 3 heteroatoms. The molecule has 2 rings (SSSR count). The fourth-order valence-corrected chi connectivity index (χ4v) is 2.22. The van der Waals surface area contributed by atoms with Crippen molar-refractivity contribution in [2.75, 3.05) is 11.9 Å². The van der Waals surface area contributed by atoms with E-state index in [2.05, 4.69) is 17.4 Å². The first-order valence-electron chi connectivity index (χ1n) is 7.66. The number of anilines is 1. The molecule has 0 fully saturated rings. The van der Waals surface area contributed by atoms with Crippen molar-refractivity contribution in [2.45, 2.75) is 45.4 Å². The van der Waals surface area contributed by atoms with Crippen molar-refractivity contribution >= 4 is 5.88 Å². The Labute approximate surface area is 121 Å². The molecule has 0 amide bonds. The van der Waals surface area contributed by atoms with Gasteiger partial charge < -0.3 is 9.84 Å². The van der Waals surface area contributed by atoms with Gasteiger partial charge in [-0.05, 0) is 6.42 Å². The van der Waals surface area contributed by atoms with Gasteiger partial charge in [-0.15, -0.1) is 0 Å². The van der Waals surface area contributed by atoms with E-state index >= 15 is 0 Å². The van der Waals surface area contributed by atoms with E-state index in [9.17, 15) is 0 Å². The zero-order valence-corrected chi connectivity index (χ0v) is 12.3. The van der Waals surface area contributed by atoms with E-state index < -0.39 is 0 Å². The summed E-state index contributed by atoms with van der Waals surface area (Å²) in [6.07, 6.45) is 7.82. The van der Waals surface area contributed by atoms with Crippen LogP contribution in [0.25, 0.3) is 11.3 Å². The van der Waals surface area contributed by atoms with Crippen LogP contribution in [0.5, 0.6) is 0 Å². The third-order valence-corrected chi connectivity index (χ3v) is 3.41. The second-order valence-electron chi connectivity index (χ2n) is 5.14.